The number of quaternary nitrogens is 1. The van der Waals surface area contributed by atoms with Gasteiger partial charge in [-0.3, -0.25) is 5.32 Å². The molecule has 0 unspecified atom stereocenters. The Morgan fingerprint density at radius 1 is 1.15 bits per heavy atom. The van der Waals surface area contributed by atoms with E-state index >= 15 is 0 Å². The van der Waals surface area contributed by atoms with E-state index in [9.17, 15) is 5.21 Å². The van der Waals surface area contributed by atoms with E-state index in [1.54, 1.807) is 0 Å². The molecule has 2 N–H and O–H groups in total. The van der Waals surface area contributed by atoms with Gasteiger partial charge in [-0.15, -0.1) is 0 Å². The number of ether oxygens (including phenoxy) is 1. The van der Waals surface area contributed by atoms with Crippen LogP contribution in [0.5, 0.6) is 0 Å². The largest absolute Gasteiger partial charge is 0.450 e. The van der Waals surface area contributed by atoms with Crippen molar-refractivity contribution < 1.29 is 14.6 Å². The van der Waals surface area contributed by atoms with E-state index in [0.29, 0.717) is 30.8 Å². The fourth-order valence-electron chi connectivity index (χ4n) is 4.48. The molecule has 7 nitrogen and oxygen atoms in total. The van der Waals surface area contributed by atoms with Crippen molar-refractivity contribution in [3.63, 3.8) is 0 Å². The third kappa shape index (κ3) is 2.64. The Labute approximate surface area is 151 Å². The number of aliphatic imine (C=N–C) groups is 1. The van der Waals surface area contributed by atoms with Crippen LogP contribution in [0.3, 0.4) is 0 Å². The van der Waals surface area contributed by atoms with Gasteiger partial charge < -0.3 is 4.74 Å². The number of fused-ring (bicyclic) bond motifs is 2. The summed E-state index contributed by atoms with van der Waals surface area (Å²) in [5.74, 6) is 1.12. The summed E-state index contributed by atoms with van der Waals surface area (Å²) in [6.07, 6.45) is 3.52. The quantitative estimate of drug-likeness (QED) is 0.811. The lowest BCUT2D eigenvalue weighted by atomic mass is 9.75. The Morgan fingerprint density at radius 3 is 2.73 bits per heavy atom. The van der Waals surface area contributed by atoms with Gasteiger partial charge >= 0.3 is 0 Å². The van der Waals surface area contributed by atoms with Crippen LogP contribution in [0.4, 0.5) is 5.82 Å². The molecular weight excluding hydrogens is 330 g/mol. The summed E-state index contributed by atoms with van der Waals surface area (Å²) < 4.78 is 6.36. The van der Waals surface area contributed by atoms with Crippen LogP contribution in [-0.4, -0.2) is 57.6 Å². The van der Waals surface area contributed by atoms with Gasteiger partial charge in [-0.2, -0.15) is 4.65 Å². The number of anilines is 1. The van der Waals surface area contributed by atoms with Crippen molar-refractivity contribution in [2.45, 2.75) is 18.4 Å². The number of amidine groups is 1. The molecular formula is C19H22N5O2+. The molecule has 4 aliphatic heterocycles. The van der Waals surface area contributed by atoms with E-state index in [-0.39, 0.29) is 10.2 Å². The van der Waals surface area contributed by atoms with E-state index in [0.717, 1.165) is 37.2 Å². The van der Waals surface area contributed by atoms with Crippen LogP contribution < -0.4 is 5.32 Å². The first-order chi connectivity index (χ1) is 12.6. The zero-order valence-corrected chi connectivity index (χ0v) is 14.5. The fraction of sp³-hybridized carbons (Fsp3) is 0.421. The number of nitrogens with zero attached hydrogens (tertiary/aromatic N) is 4. The molecule has 5 heterocycles. The highest BCUT2D eigenvalue weighted by Crippen LogP contribution is 2.43. The first kappa shape index (κ1) is 15.7. The first-order valence-corrected chi connectivity index (χ1v) is 9.11. The van der Waals surface area contributed by atoms with E-state index < -0.39 is 0 Å². The molecule has 1 spiro atoms. The Kier molecular flexibility index (Phi) is 3.48. The molecule has 6 rings (SSSR count). The average molecular weight is 352 g/mol. The molecule has 3 fully saturated rings. The summed E-state index contributed by atoms with van der Waals surface area (Å²) in [5.41, 5.74) is 1.51. The number of nitrogens with one attached hydrogen (secondary N) is 1. The van der Waals surface area contributed by atoms with Gasteiger partial charge in [0.15, 0.2) is 12.1 Å². The zero-order valence-electron chi connectivity index (χ0n) is 14.5. The summed E-state index contributed by atoms with van der Waals surface area (Å²) in [5, 5.41) is 13.8. The van der Waals surface area contributed by atoms with E-state index in [2.05, 4.69) is 20.3 Å². The van der Waals surface area contributed by atoms with Crippen LogP contribution in [0.15, 0.2) is 47.7 Å². The molecule has 4 aliphatic rings. The Balaban J connectivity index is 1.33. The van der Waals surface area contributed by atoms with Gasteiger partial charge in [0, 0.05) is 30.4 Å². The highest BCUT2D eigenvalue weighted by Gasteiger charge is 2.59. The summed E-state index contributed by atoms with van der Waals surface area (Å²) in [4.78, 5) is 13.2. The number of hydrogen-bond donors (Lipinski definition) is 2. The molecule has 1 aromatic heterocycles. The van der Waals surface area contributed by atoms with Crippen molar-refractivity contribution in [1.29, 1.82) is 0 Å². The molecule has 0 amide bonds. The topological polar surface area (TPSA) is 79.6 Å². The van der Waals surface area contributed by atoms with Crippen molar-refractivity contribution in [2.75, 3.05) is 31.5 Å². The Bertz CT molecular complexity index is 848. The normalized spacial score (nSPS) is 32.3. The maximum absolute atomic E-state index is 10.6. The second kappa shape index (κ2) is 5.75. The van der Waals surface area contributed by atoms with Crippen LogP contribution in [0.2, 0.25) is 0 Å². The van der Waals surface area contributed by atoms with E-state index in [1.807, 2.05) is 36.4 Å². The fourth-order valence-corrected chi connectivity index (χ4v) is 4.48. The predicted molar refractivity (Wildman–Crippen MR) is 96.6 cm³/mol. The third-order valence-electron chi connectivity index (χ3n) is 5.86. The lowest BCUT2D eigenvalue weighted by Gasteiger charge is -2.51. The predicted octanol–water partition coefficient (Wildman–Crippen LogP) is 2.31. The zero-order chi connectivity index (χ0) is 17.6. The van der Waals surface area contributed by atoms with Gasteiger partial charge in [-0.05, 0) is 0 Å². The molecule has 1 aromatic carbocycles. The molecule has 2 bridgehead atoms. The number of piperidine rings is 3. The van der Waals surface area contributed by atoms with Crippen LogP contribution in [-0.2, 0) is 4.74 Å². The van der Waals surface area contributed by atoms with Crippen molar-refractivity contribution in [2.24, 2.45) is 10.9 Å². The van der Waals surface area contributed by atoms with Gasteiger partial charge in [0.25, 0.3) is 6.02 Å². The lowest BCUT2D eigenvalue weighted by molar-refractivity contribution is -1.12. The van der Waals surface area contributed by atoms with Crippen LogP contribution in [0, 0.1) is 5.92 Å². The molecule has 134 valence electrons. The second-order valence-electron chi connectivity index (χ2n) is 7.54. The minimum absolute atomic E-state index is 0.116. The Morgan fingerprint density at radius 2 is 1.96 bits per heavy atom. The Hall–Kier alpha value is -2.51. The first-order valence-electron chi connectivity index (χ1n) is 9.11. The third-order valence-corrected chi connectivity index (χ3v) is 5.86. The number of rotatable bonds is 2. The number of hydroxylamine groups is 3. The van der Waals surface area contributed by atoms with Crippen molar-refractivity contribution in [1.82, 2.24) is 9.97 Å². The summed E-state index contributed by atoms with van der Waals surface area (Å²) in [6, 6.07) is 12.4. The minimum atomic E-state index is -0.372. The molecule has 26 heavy (non-hydrogen) atoms. The molecule has 0 radical (unpaired) electrons. The minimum Gasteiger partial charge on any atom is -0.450 e. The number of hydrogen-bond acceptors (Lipinski definition) is 6. The summed E-state index contributed by atoms with van der Waals surface area (Å²) in [6.45, 7) is 2.86. The maximum Gasteiger partial charge on any atom is 0.291 e. The molecule has 7 heteroatoms. The smallest absolute Gasteiger partial charge is 0.291 e. The van der Waals surface area contributed by atoms with Gasteiger partial charge in [0.1, 0.15) is 25.2 Å². The van der Waals surface area contributed by atoms with Crippen molar-refractivity contribution >= 4 is 11.8 Å². The van der Waals surface area contributed by atoms with Crippen molar-refractivity contribution in [3.8, 4) is 11.3 Å². The molecule has 2 aromatic rings. The monoisotopic (exact) mass is 352 g/mol. The van der Waals surface area contributed by atoms with Gasteiger partial charge in [-0.25, -0.2) is 20.2 Å². The lowest BCUT2D eigenvalue weighted by Crippen LogP contribution is -2.69. The summed E-state index contributed by atoms with van der Waals surface area (Å²) >= 11 is 0. The molecule has 1 atom stereocenters. The van der Waals surface area contributed by atoms with Crippen molar-refractivity contribution in [3.05, 3.63) is 42.7 Å². The SMILES string of the molecule is O[N+]12CCC(CC1)[C@]1(CN=C(Nc3cc(-c4ccccc4)ncn3)O1)C2. The average Bonchev–Trinajstić information content (AvgIpc) is 3.04. The van der Waals surface area contributed by atoms with Crippen LogP contribution in [0.25, 0.3) is 11.3 Å². The van der Waals surface area contributed by atoms with Gasteiger partial charge in [-0.1, -0.05) is 30.3 Å². The molecule has 0 saturated carbocycles. The standard InChI is InChI=1S/C19H22N5O2/c25-24-8-6-15(7-9-24)19(12-24)11-20-18(26-19)23-17-10-16(21-13-22-17)14-4-2-1-3-5-14/h1-5,10,13,15,25H,6-9,11-12H2,(H,20,21,22,23)/q+1/t15?,19-,24?/m0/s1. The number of benzene rings is 1. The molecule has 3 saturated heterocycles. The van der Waals surface area contributed by atoms with E-state index in [4.69, 9.17) is 4.74 Å². The highest BCUT2D eigenvalue weighted by molar-refractivity contribution is 5.90. The second-order valence-corrected chi connectivity index (χ2v) is 7.54. The molecule has 0 aliphatic carbocycles. The van der Waals surface area contributed by atoms with Gasteiger partial charge in [0.2, 0.25) is 0 Å². The maximum atomic E-state index is 10.6. The van der Waals surface area contributed by atoms with Gasteiger partial charge in [0.05, 0.1) is 12.2 Å². The van der Waals surface area contributed by atoms with Crippen LogP contribution in [0.1, 0.15) is 12.8 Å². The van der Waals surface area contributed by atoms with Crippen LogP contribution >= 0.6 is 0 Å². The summed E-state index contributed by atoms with van der Waals surface area (Å²) in [7, 11) is 0. The number of aromatic nitrogens is 2. The highest BCUT2D eigenvalue weighted by atomic mass is 16.6. The van der Waals surface area contributed by atoms with E-state index in [1.165, 1.54) is 6.33 Å².